The molecule has 1 fully saturated rings. The fourth-order valence-corrected chi connectivity index (χ4v) is 2.46. The Labute approximate surface area is 142 Å². The van der Waals surface area contributed by atoms with Crippen LogP contribution < -0.4 is 15.4 Å². The molecule has 2 aromatic rings. The lowest BCUT2D eigenvalue weighted by Crippen LogP contribution is -2.38. The molecule has 2 heterocycles. The van der Waals surface area contributed by atoms with E-state index in [9.17, 15) is 0 Å². The number of ether oxygens (including phenoxy) is 2. The molecule has 0 radical (unpaired) electrons. The van der Waals surface area contributed by atoms with Crippen molar-refractivity contribution in [2.24, 2.45) is 0 Å². The monoisotopic (exact) mass is 329 g/mol. The Balaban J connectivity index is 1.47. The van der Waals surface area contributed by atoms with E-state index in [1.807, 2.05) is 37.4 Å². The van der Waals surface area contributed by atoms with Gasteiger partial charge in [-0.3, -0.25) is 4.90 Å². The van der Waals surface area contributed by atoms with Crippen LogP contribution in [0.3, 0.4) is 0 Å². The van der Waals surface area contributed by atoms with E-state index in [4.69, 9.17) is 9.47 Å². The smallest absolute Gasteiger partial charge is 0.135 e. The van der Waals surface area contributed by atoms with E-state index in [1.54, 1.807) is 0 Å². The summed E-state index contributed by atoms with van der Waals surface area (Å²) >= 11 is 0. The number of anilines is 3. The predicted octanol–water partition coefficient (Wildman–Crippen LogP) is 1.97. The van der Waals surface area contributed by atoms with Crippen molar-refractivity contribution >= 4 is 17.3 Å². The van der Waals surface area contributed by atoms with Crippen LogP contribution in [0.5, 0.6) is 5.75 Å². The van der Waals surface area contributed by atoms with Crippen molar-refractivity contribution in [1.29, 1.82) is 0 Å². The SMILES string of the molecule is CNc1cc(Nc2ccc(OCCN3CCOCC3)cc2)ncn1. The molecule has 7 nitrogen and oxygen atoms in total. The van der Waals surface area contributed by atoms with Crippen molar-refractivity contribution in [2.45, 2.75) is 0 Å². The maximum Gasteiger partial charge on any atom is 0.135 e. The normalized spacial score (nSPS) is 15.0. The molecule has 0 spiro atoms. The lowest BCUT2D eigenvalue weighted by Gasteiger charge is -2.26. The van der Waals surface area contributed by atoms with Crippen molar-refractivity contribution in [2.75, 3.05) is 57.1 Å². The summed E-state index contributed by atoms with van der Waals surface area (Å²) in [6.07, 6.45) is 1.53. The molecular formula is C17H23N5O2. The van der Waals surface area contributed by atoms with Crippen LogP contribution in [0.1, 0.15) is 0 Å². The summed E-state index contributed by atoms with van der Waals surface area (Å²) in [5, 5.41) is 6.23. The maximum atomic E-state index is 5.80. The Morgan fingerprint density at radius 3 is 2.62 bits per heavy atom. The van der Waals surface area contributed by atoms with Gasteiger partial charge in [0.15, 0.2) is 0 Å². The molecule has 0 unspecified atom stereocenters. The van der Waals surface area contributed by atoms with Gasteiger partial charge in [-0.15, -0.1) is 0 Å². The van der Waals surface area contributed by atoms with E-state index < -0.39 is 0 Å². The summed E-state index contributed by atoms with van der Waals surface area (Å²) in [5.41, 5.74) is 0.955. The molecule has 0 aliphatic carbocycles. The van der Waals surface area contributed by atoms with Crippen LogP contribution >= 0.6 is 0 Å². The number of hydrogen-bond acceptors (Lipinski definition) is 7. The first-order valence-corrected chi connectivity index (χ1v) is 8.13. The molecule has 0 saturated carbocycles. The molecular weight excluding hydrogens is 306 g/mol. The van der Waals surface area contributed by atoms with Crippen molar-refractivity contribution in [3.05, 3.63) is 36.7 Å². The number of rotatable bonds is 7. The van der Waals surface area contributed by atoms with E-state index in [0.29, 0.717) is 6.61 Å². The number of morpholine rings is 1. The topological polar surface area (TPSA) is 71.5 Å². The summed E-state index contributed by atoms with van der Waals surface area (Å²) in [4.78, 5) is 10.6. The molecule has 1 saturated heterocycles. The molecule has 0 bridgehead atoms. The van der Waals surface area contributed by atoms with E-state index in [0.717, 1.165) is 55.9 Å². The van der Waals surface area contributed by atoms with Gasteiger partial charge < -0.3 is 20.1 Å². The minimum atomic E-state index is 0.685. The molecule has 3 rings (SSSR count). The van der Waals surface area contributed by atoms with Crippen molar-refractivity contribution in [3.8, 4) is 5.75 Å². The second kappa shape index (κ2) is 8.47. The number of nitrogens with one attached hydrogen (secondary N) is 2. The fourth-order valence-electron chi connectivity index (χ4n) is 2.46. The van der Waals surface area contributed by atoms with Crippen LogP contribution in [0.4, 0.5) is 17.3 Å². The second-order valence-electron chi connectivity index (χ2n) is 5.49. The number of hydrogen-bond donors (Lipinski definition) is 2. The second-order valence-corrected chi connectivity index (χ2v) is 5.49. The zero-order chi connectivity index (χ0) is 16.6. The van der Waals surface area contributed by atoms with Gasteiger partial charge in [-0.25, -0.2) is 9.97 Å². The molecule has 0 atom stereocenters. The third kappa shape index (κ3) is 4.81. The molecule has 1 aliphatic rings. The van der Waals surface area contributed by atoms with Crippen molar-refractivity contribution < 1.29 is 9.47 Å². The first-order valence-electron chi connectivity index (χ1n) is 8.13. The van der Waals surface area contributed by atoms with Gasteiger partial charge in [-0.05, 0) is 24.3 Å². The molecule has 2 N–H and O–H groups in total. The Hall–Kier alpha value is -2.38. The minimum Gasteiger partial charge on any atom is -0.492 e. The van der Waals surface area contributed by atoms with Gasteiger partial charge in [0.25, 0.3) is 0 Å². The highest BCUT2D eigenvalue weighted by Gasteiger charge is 2.09. The van der Waals surface area contributed by atoms with Crippen LogP contribution in [-0.4, -0.2) is 61.4 Å². The van der Waals surface area contributed by atoms with E-state index >= 15 is 0 Å². The van der Waals surface area contributed by atoms with Crippen LogP contribution in [0.2, 0.25) is 0 Å². The third-order valence-corrected chi connectivity index (χ3v) is 3.83. The lowest BCUT2D eigenvalue weighted by molar-refractivity contribution is 0.0322. The quantitative estimate of drug-likeness (QED) is 0.804. The first kappa shape index (κ1) is 16.5. The fraction of sp³-hybridized carbons (Fsp3) is 0.412. The highest BCUT2D eigenvalue weighted by Crippen LogP contribution is 2.19. The van der Waals surface area contributed by atoms with Gasteiger partial charge in [-0.1, -0.05) is 0 Å². The van der Waals surface area contributed by atoms with Crippen molar-refractivity contribution in [1.82, 2.24) is 14.9 Å². The van der Waals surface area contributed by atoms with E-state index in [2.05, 4.69) is 25.5 Å². The van der Waals surface area contributed by atoms with Crippen LogP contribution in [0.25, 0.3) is 0 Å². The highest BCUT2D eigenvalue weighted by atomic mass is 16.5. The van der Waals surface area contributed by atoms with Gasteiger partial charge in [0.1, 0.15) is 30.3 Å². The first-order chi connectivity index (χ1) is 11.8. The molecule has 128 valence electrons. The molecule has 24 heavy (non-hydrogen) atoms. The zero-order valence-corrected chi connectivity index (χ0v) is 13.9. The van der Waals surface area contributed by atoms with Crippen LogP contribution in [-0.2, 0) is 4.74 Å². The summed E-state index contributed by atoms with van der Waals surface area (Å²) in [6, 6.07) is 9.73. The predicted molar refractivity (Wildman–Crippen MR) is 94.1 cm³/mol. The van der Waals surface area contributed by atoms with E-state index in [1.165, 1.54) is 6.33 Å². The number of nitrogens with zero attached hydrogens (tertiary/aromatic N) is 3. The van der Waals surface area contributed by atoms with Gasteiger partial charge in [0, 0.05) is 38.4 Å². The Morgan fingerprint density at radius 1 is 1.12 bits per heavy atom. The number of aromatic nitrogens is 2. The minimum absolute atomic E-state index is 0.685. The van der Waals surface area contributed by atoms with E-state index in [-0.39, 0.29) is 0 Å². The van der Waals surface area contributed by atoms with Gasteiger partial charge in [0.05, 0.1) is 13.2 Å². The number of benzene rings is 1. The zero-order valence-electron chi connectivity index (χ0n) is 13.9. The highest BCUT2D eigenvalue weighted by molar-refractivity contribution is 5.59. The molecule has 1 aromatic heterocycles. The van der Waals surface area contributed by atoms with Crippen LogP contribution in [0, 0.1) is 0 Å². The van der Waals surface area contributed by atoms with Gasteiger partial charge >= 0.3 is 0 Å². The molecule has 1 aliphatic heterocycles. The molecule has 0 amide bonds. The lowest BCUT2D eigenvalue weighted by atomic mass is 10.3. The Bertz CT molecular complexity index is 629. The largest absolute Gasteiger partial charge is 0.492 e. The van der Waals surface area contributed by atoms with Gasteiger partial charge in [-0.2, -0.15) is 0 Å². The standard InChI is InChI=1S/C17H23N5O2/c1-18-16-12-17(20-13-19-16)21-14-2-4-15(5-3-14)24-11-8-22-6-9-23-10-7-22/h2-5,12-13H,6-11H2,1H3,(H2,18,19,20,21). The van der Waals surface area contributed by atoms with Crippen molar-refractivity contribution in [3.63, 3.8) is 0 Å². The average Bonchev–Trinajstić information content (AvgIpc) is 2.64. The summed E-state index contributed by atoms with van der Waals surface area (Å²) in [7, 11) is 1.83. The molecule has 1 aromatic carbocycles. The third-order valence-electron chi connectivity index (χ3n) is 3.83. The average molecular weight is 329 g/mol. The van der Waals surface area contributed by atoms with Gasteiger partial charge in [0.2, 0.25) is 0 Å². The maximum absolute atomic E-state index is 5.80. The Morgan fingerprint density at radius 2 is 1.88 bits per heavy atom. The van der Waals surface area contributed by atoms with Crippen LogP contribution in [0.15, 0.2) is 36.7 Å². The summed E-state index contributed by atoms with van der Waals surface area (Å²) in [6.45, 7) is 5.22. The summed E-state index contributed by atoms with van der Waals surface area (Å²) in [5.74, 6) is 2.39. The molecule has 7 heteroatoms. The summed E-state index contributed by atoms with van der Waals surface area (Å²) < 4.78 is 11.1. The Kier molecular flexibility index (Phi) is 5.81.